The lowest BCUT2D eigenvalue weighted by molar-refractivity contribution is 0.134. The Kier molecular flexibility index (Phi) is 3.47. The molecule has 2 aromatic carbocycles. The van der Waals surface area contributed by atoms with Gasteiger partial charge in [0.2, 0.25) is 0 Å². The molecule has 1 aliphatic heterocycles. The van der Waals surface area contributed by atoms with E-state index in [1.807, 2.05) is 36.4 Å². The highest BCUT2D eigenvalue weighted by Crippen LogP contribution is 2.42. The van der Waals surface area contributed by atoms with Crippen LogP contribution in [0.4, 0.5) is 0 Å². The van der Waals surface area contributed by atoms with Gasteiger partial charge in [-0.15, -0.1) is 0 Å². The minimum atomic E-state index is -0.155. The molecule has 3 heteroatoms. The molecule has 0 unspecified atom stereocenters. The maximum absolute atomic E-state index is 5.98. The first-order chi connectivity index (χ1) is 9.53. The van der Waals surface area contributed by atoms with E-state index in [-0.39, 0.29) is 5.60 Å². The molecule has 0 amide bonds. The van der Waals surface area contributed by atoms with Gasteiger partial charge in [-0.3, -0.25) is 0 Å². The Hall–Kier alpha value is -1.48. The molecule has 0 N–H and O–H groups in total. The number of para-hydroxylation sites is 1. The van der Waals surface area contributed by atoms with Gasteiger partial charge in [0.25, 0.3) is 0 Å². The van der Waals surface area contributed by atoms with E-state index in [9.17, 15) is 0 Å². The van der Waals surface area contributed by atoms with Crippen molar-refractivity contribution in [1.29, 1.82) is 0 Å². The zero-order valence-electron chi connectivity index (χ0n) is 11.5. The first-order valence-electron chi connectivity index (χ1n) is 6.60. The summed E-state index contributed by atoms with van der Waals surface area (Å²) in [6.45, 7) is 5.93. The van der Waals surface area contributed by atoms with Gasteiger partial charge in [0, 0.05) is 16.5 Å². The van der Waals surface area contributed by atoms with E-state index in [2.05, 4.69) is 35.8 Å². The Balaban J connectivity index is 1.78. The summed E-state index contributed by atoms with van der Waals surface area (Å²) in [4.78, 5) is 0. The molecular formula is C17H16BrO2. The monoisotopic (exact) mass is 331 g/mol. The van der Waals surface area contributed by atoms with Crippen LogP contribution in [0.15, 0.2) is 46.9 Å². The lowest BCUT2D eigenvalue weighted by Crippen LogP contribution is -2.24. The van der Waals surface area contributed by atoms with Gasteiger partial charge in [-0.2, -0.15) is 0 Å². The molecule has 0 spiro atoms. The summed E-state index contributed by atoms with van der Waals surface area (Å²) >= 11 is 3.45. The van der Waals surface area contributed by atoms with Gasteiger partial charge >= 0.3 is 0 Å². The van der Waals surface area contributed by atoms with Crippen molar-refractivity contribution in [2.75, 3.05) is 0 Å². The van der Waals surface area contributed by atoms with Crippen LogP contribution in [0.1, 0.15) is 25.0 Å². The molecule has 1 radical (unpaired) electrons. The molecule has 0 aliphatic carbocycles. The predicted octanol–water partition coefficient (Wildman–Crippen LogP) is 4.75. The van der Waals surface area contributed by atoms with Crippen LogP contribution >= 0.6 is 15.9 Å². The number of benzene rings is 2. The Morgan fingerprint density at radius 3 is 2.80 bits per heavy atom. The van der Waals surface area contributed by atoms with Crippen molar-refractivity contribution in [3.05, 3.63) is 64.7 Å². The number of ether oxygens (including phenoxy) is 2. The van der Waals surface area contributed by atoms with Crippen LogP contribution in [-0.2, 0) is 6.42 Å². The third kappa shape index (κ3) is 2.83. The van der Waals surface area contributed by atoms with E-state index in [0.29, 0.717) is 0 Å². The molecule has 1 aliphatic rings. The molecule has 0 saturated carbocycles. The van der Waals surface area contributed by atoms with E-state index in [4.69, 9.17) is 9.47 Å². The lowest BCUT2D eigenvalue weighted by Gasteiger charge is -2.18. The van der Waals surface area contributed by atoms with Gasteiger partial charge in [0.1, 0.15) is 5.60 Å². The third-order valence-electron chi connectivity index (χ3n) is 3.23. The minimum Gasteiger partial charge on any atom is -0.483 e. The van der Waals surface area contributed by atoms with Crippen molar-refractivity contribution >= 4 is 15.9 Å². The van der Waals surface area contributed by atoms with Crippen molar-refractivity contribution in [1.82, 2.24) is 0 Å². The van der Waals surface area contributed by atoms with E-state index < -0.39 is 0 Å². The van der Waals surface area contributed by atoms with E-state index in [1.165, 1.54) is 5.56 Å². The summed E-state index contributed by atoms with van der Waals surface area (Å²) in [6.07, 6.45) is 0.913. The highest BCUT2D eigenvalue weighted by atomic mass is 79.9. The fraction of sp³-hybridized carbons (Fsp3) is 0.235. The zero-order valence-corrected chi connectivity index (χ0v) is 13.1. The van der Waals surface area contributed by atoms with Crippen LogP contribution in [0.5, 0.6) is 11.5 Å². The molecule has 0 atom stereocenters. The average molecular weight is 332 g/mol. The second-order valence-electron chi connectivity index (χ2n) is 5.57. The van der Waals surface area contributed by atoms with E-state index in [1.54, 1.807) is 6.61 Å². The molecule has 3 rings (SSSR count). The van der Waals surface area contributed by atoms with Crippen molar-refractivity contribution in [2.24, 2.45) is 0 Å². The molecule has 2 aromatic rings. The van der Waals surface area contributed by atoms with Crippen LogP contribution in [0.3, 0.4) is 0 Å². The second kappa shape index (κ2) is 5.13. The van der Waals surface area contributed by atoms with Crippen molar-refractivity contribution in [2.45, 2.75) is 25.9 Å². The van der Waals surface area contributed by atoms with Crippen LogP contribution < -0.4 is 9.47 Å². The van der Waals surface area contributed by atoms with Gasteiger partial charge in [-0.1, -0.05) is 40.2 Å². The van der Waals surface area contributed by atoms with Crippen LogP contribution in [0, 0.1) is 6.61 Å². The summed E-state index contributed by atoms with van der Waals surface area (Å²) in [5, 5.41) is 0. The number of fused-ring (bicyclic) bond motifs is 1. The largest absolute Gasteiger partial charge is 0.483 e. The molecule has 0 saturated heterocycles. The average Bonchev–Trinajstić information content (AvgIpc) is 2.71. The summed E-state index contributed by atoms with van der Waals surface area (Å²) in [5.74, 6) is 1.64. The molecule has 103 valence electrons. The Bertz CT molecular complexity index is 635. The third-order valence-corrected chi connectivity index (χ3v) is 3.72. The summed E-state index contributed by atoms with van der Waals surface area (Å²) in [7, 11) is 0. The van der Waals surface area contributed by atoms with Crippen molar-refractivity contribution < 1.29 is 9.47 Å². The smallest absolute Gasteiger partial charge is 0.165 e. The molecule has 0 fully saturated rings. The summed E-state index contributed by atoms with van der Waals surface area (Å²) in [5.41, 5.74) is 2.06. The molecule has 20 heavy (non-hydrogen) atoms. The molecule has 2 nitrogen and oxygen atoms in total. The van der Waals surface area contributed by atoms with Crippen LogP contribution in [-0.4, -0.2) is 5.60 Å². The van der Waals surface area contributed by atoms with Gasteiger partial charge in [-0.05, 0) is 37.6 Å². The number of hydrogen-bond donors (Lipinski definition) is 0. The van der Waals surface area contributed by atoms with Crippen LogP contribution in [0.2, 0.25) is 0 Å². The second-order valence-corrected chi connectivity index (χ2v) is 6.49. The molecule has 0 bridgehead atoms. The van der Waals surface area contributed by atoms with Gasteiger partial charge in [0.05, 0.1) is 0 Å². The van der Waals surface area contributed by atoms with Crippen LogP contribution in [0.25, 0.3) is 0 Å². The van der Waals surface area contributed by atoms with Crippen molar-refractivity contribution in [3.8, 4) is 11.5 Å². The van der Waals surface area contributed by atoms with E-state index >= 15 is 0 Å². The minimum absolute atomic E-state index is 0.155. The Labute approximate surface area is 127 Å². The first kappa shape index (κ1) is 13.5. The quantitative estimate of drug-likeness (QED) is 0.807. The first-order valence-corrected chi connectivity index (χ1v) is 7.39. The zero-order chi connectivity index (χ0) is 14.2. The molecule has 0 aromatic heterocycles. The highest BCUT2D eigenvalue weighted by Gasteiger charge is 2.32. The summed E-state index contributed by atoms with van der Waals surface area (Å²) in [6, 6.07) is 14.0. The SMILES string of the molecule is CC1(C)Cc2cccc(O[CH]c3cccc(Br)c3)c2O1. The fourth-order valence-electron chi connectivity index (χ4n) is 2.39. The highest BCUT2D eigenvalue weighted by molar-refractivity contribution is 9.10. The lowest BCUT2D eigenvalue weighted by atomic mass is 10.0. The van der Waals surface area contributed by atoms with Gasteiger partial charge in [0.15, 0.2) is 18.1 Å². The van der Waals surface area contributed by atoms with E-state index in [0.717, 1.165) is 28.0 Å². The maximum atomic E-state index is 5.98. The molecular weight excluding hydrogens is 316 g/mol. The van der Waals surface area contributed by atoms with Gasteiger partial charge < -0.3 is 9.47 Å². The Morgan fingerprint density at radius 1 is 1.20 bits per heavy atom. The summed E-state index contributed by atoms with van der Waals surface area (Å²) < 4.78 is 12.8. The fourth-order valence-corrected chi connectivity index (χ4v) is 2.81. The Morgan fingerprint density at radius 2 is 2.00 bits per heavy atom. The molecule has 1 heterocycles. The topological polar surface area (TPSA) is 18.5 Å². The predicted molar refractivity (Wildman–Crippen MR) is 83.0 cm³/mol. The van der Waals surface area contributed by atoms with Crippen molar-refractivity contribution in [3.63, 3.8) is 0 Å². The number of hydrogen-bond acceptors (Lipinski definition) is 2. The maximum Gasteiger partial charge on any atom is 0.165 e. The number of halogens is 1. The normalized spacial score (nSPS) is 15.6. The number of rotatable bonds is 3. The standard InChI is InChI=1S/C17H16BrO2/c1-17(2)10-13-6-4-8-15(16(13)20-17)19-11-12-5-3-7-14(18)9-12/h3-9,11H,10H2,1-2H3. The van der Waals surface area contributed by atoms with Gasteiger partial charge in [-0.25, -0.2) is 0 Å².